The quantitative estimate of drug-likeness (QED) is 0.623. The minimum Gasteiger partial charge on any atom is -0.330 e. The molecule has 0 saturated heterocycles. The monoisotopic (exact) mass is 251 g/mol. The Morgan fingerprint density at radius 2 is 1.88 bits per heavy atom. The highest BCUT2D eigenvalue weighted by Crippen LogP contribution is 2.23. The van der Waals surface area contributed by atoms with Gasteiger partial charge in [0.25, 0.3) is 0 Å². The Bertz CT molecular complexity index is 370. The minimum absolute atomic E-state index is 0.117. The van der Waals surface area contributed by atoms with Crippen LogP contribution in [0.3, 0.4) is 0 Å². The van der Waals surface area contributed by atoms with Crippen LogP contribution in [-0.2, 0) is 0 Å². The summed E-state index contributed by atoms with van der Waals surface area (Å²) in [6.45, 7) is 6.69. The van der Waals surface area contributed by atoms with Crippen LogP contribution in [0, 0.1) is 5.41 Å². The number of nitrogens with two attached hydrogens (primary N) is 1. The first-order valence-corrected chi connectivity index (χ1v) is 6.93. The summed E-state index contributed by atoms with van der Waals surface area (Å²) in [5, 5.41) is 0. The van der Waals surface area contributed by atoms with Crippen molar-refractivity contribution in [2.24, 2.45) is 11.1 Å². The average Bonchev–Trinajstić information content (AvgIpc) is 2.30. The van der Waals surface area contributed by atoms with E-state index in [-0.39, 0.29) is 11.2 Å². The molecule has 0 radical (unpaired) electrons. The van der Waals surface area contributed by atoms with Gasteiger partial charge in [-0.2, -0.15) is 0 Å². The lowest BCUT2D eigenvalue weighted by atomic mass is 9.86. The van der Waals surface area contributed by atoms with Crippen LogP contribution >= 0.6 is 11.8 Å². The molecule has 0 heterocycles. The lowest BCUT2D eigenvalue weighted by Gasteiger charge is -2.21. The maximum Gasteiger partial charge on any atom is 0.163 e. The summed E-state index contributed by atoms with van der Waals surface area (Å²) in [6.07, 6.45) is 0.504. The van der Waals surface area contributed by atoms with Gasteiger partial charge >= 0.3 is 0 Å². The molecule has 0 aliphatic heterocycles. The maximum atomic E-state index is 12.0. The zero-order valence-electron chi connectivity index (χ0n) is 10.8. The van der Waals surface area contributed by atoms with Crippen LogP contribution in [0.25, 0.3) is 0 Å². The van der Waals surface area contributed by atoms with Gasteiger partial charge in [-0.1, -0.05) is 32.9 Å². The summed E-state index contributed by atoms with van der Waals surface area (Å²) in [4.78, 5) is 13.2. The van der Waals surface area contributed by atoms with Gasteiger partial charge in [-0.3, -0.25) is 4.79 Å². The molecule has 2 nitrogen and oxygen atoms in total. The minimum atomic E-state index is -0.117. The molecule has 1 aromatic rings. The molecule has 1 rings (SSSR count). The molecule has 17 heavy (non-hydrogen) atoms. The molecule has 0 bridgehead atoms. The van der Waals surface area contributed by atoms with Crippen molar-refractivity contribution in [3.63, 3.8) is 0 Å². The third-order valence-corrected chi connectivity index (χ3v) is 3.57. The van der Waals surface area contributed by atoms with Crippen LogP contribution in [0.5, 0.6) is 0 Å². The summed E-state index contributed by atoms with van der Waals surface area (Å²) in [6, 6.07) is 7.84. The molecule has 0 aliphatic carbocycles. The fourth-order valence-electron chi connectivity index (χ4n) is 1.51. The van der Waals surface area contributed by atoms with E-state index in [1.807, 2.05) is 38.1 Å². The van der Waals surface area contributed by atoms with Crippen molar-refractivity contribution >= 4 is 17.5 Å². The molecule has 0 atom stereocenters. The fraction of sp³-hybridized carbons (Fsp3) is 0.500. The molecule has 0 unspecified atom stereocenters. The van der Waals surface area contributed by atoms with E-state index in [1.54, 1.807) is 11.8 Å². The third kappa shape index (κ3) is 4.52. The Morgan fingerprint density at radius 1 is 1.29 bits per heavy atom. The zero-order chi connectivity index (χ0) is 12.9. The molecule has 3 heteroatoms. The topological polar surface area (TPSA) is 43.1 Å². The summed E-state index contributed by atoms with van der Waals surface area (Å²) in [7, 11) is 0. The number of ketones is 1. The number of rotatable bonds is 6. The van der Waals surface area contributed by atoms with E-state index in [0.717, 1.165) is 11.3 Å². The Kier molecular flexibility index (Phi) is 5.22. The SMILES string of the molecule is CCSc1ccc(C(=O)CC(C)(C)CN)cc1. The van der Waals surface area contributed by atoms with Crippen LogP contribution in [0.15, 0.2) is 29.2 Å². The molecular formula is C14H21NOS. The highest BCUT2D eigenvalue weighted by Gasteiger charge is 2.20. The number of Topliss-reactive ketones (excluding diaryl/α,β-unsaturated/α-hetero) is 1. The fourth-order valence-corrected chi connectivity index (χ4v) is 2.17. The second kappa shape index (κ2) is 6.22. The van der Waals surface area contributed by atoms with Gasteiger partial charge in [0.15, 0.2) is 5.78 Å². The van der Waals surface area contributed by atoms with Gasteiger partial charge in [0, 0.05) is 16.9 Å². The van der Waals surface area contributed by atoms with E-state index < -0.39 is 0 Å². The normalized spacial score (nSPS) is 11.5. The molecule has 0 aliphatic rings. The molecular weight excluding hydrogens is 230 g/mol. The van der Waals surface area contributed by atoms with Crippen molar-refractivity contribution in [1.82, 2.24) is 0 Å². The van der Waals surface area contributed by atoms with Crippen LogP contribution in [0.2, 0.25) is 0 Å². The summed E-state index contributed by atoms with van der Waals surface area (Å²) in [5.74, 6) is 1.22. The highest BCUT2D eigenvalue weighted by atomic mass is 32.2. The average molecular weight is 251 g/mol. The van der Waals surface area contributed by atoms with Crippen LogP contribution < -0.4 is 5.73 Å². The molecule has 0 spiro atoms. The summed E-state index contributed by atoms with van der Waals surface area (Å²) in [5.41, 5.74) is 6.31. The van der Waals surface area contributed by atoms with Crippen molar-refractivity contribution in [1.29, 1.82) is 0 Å². The second-order valence-electron chi connectivity index (χ2n) is 4.93. The lowest BCUT2D eigenvalue weighted by Crippen LogP contribution is -2.26. The number of carbonyl (C=O) groups is 1. The standard InChI is InChI=1S/C14H21NOS/c1-4-17-12-7-5-11(6-8-12)13(16)9-14(2,3)10-15/h5-8H,4,9-10,15H2,1-3H3. The van der Waals surface area contributed by atoms with Crippen LogP contribution in [0.1, 0.15) is 37.6 Å². The molecule has 0 fully saturated rings. The largest absolute Gasteiger partial charge is 0.330 e. The van der Waals surface area contributed by atoms with E-state index in [1.165, 1.54) is 4.90 Å². The molecule has 0 amide bonds. The summed E-state index contributed by atoms with van der Waals surface area (Å²) < 4.78 is 0. The third-order valence-electron chi connectivity index (χ3n) is 2.68. The number of thioether (sulfide) groups is 1. The van der Waals surface area contributed by atoms with Gasteiger partial charge in [-0.05, 0) is 29.8 Å². The van der Waals surface area contributed by atoms with Gasteiger partial charge in [0.1, 0.15) is 0 Å². The molecule has 94 valence electrons. The lowest BCUT2D eigenvalue weighted by molar-refractivity contribution is 0.0935. The number of carbonyl (C=O) groups excluding carboxylic acids is 1. The van der Waals surface area contributed by atoms with Crippen LogP contribution in [0.4, 0.5) is 0 Å². The number of hydrogen-bond acceptors (Lipinski definition) is 3. The molecule has 2 N–H and O–H groups in total. The Morgan fingerprint density at radius 3 is 2.35 bits per heavy atom. The summed E-state index contributed by atoms with van der Waals surface area (Å²) >= 11 is 1.78. The molecule has 0 saturated carbocycles. The second-order valence-corrected chi connectivity index (χ2v) is 6.26. The predicted octanol–water partition coefficient (Wildman–Crippen LogP) is 3.36. The highest BCUT2D eigenvalue weighted by molar-refractivity contribution is 7.99. The van der Waals surface area contributed by atoms with E-state index in [0.29, 0.717) is 13.0 Å². The van der Waals surface area contributed by atoms with Gasteiger partial charge in [-0.15, -0.1) is 11.8 Å². The first-order valence-electron chi connectivity index (χ1n) is 5.94. The van der Waals surface area contributed by atoms with E-state index in [2.05, 4.69) is 6.92 Å². The van der Waals surface area contributed by atoms with E-state index >= 15 is 0 Å². The smallest absolute Gasteiger partial charge is 0.163 e. The predicted molar refractivity (Wildman–Crippen MR) is 74.6 cm³/mol. The van der Waals surface area contributed by atoms with Crippen molar-refractivity contribution < 1.29 is 4.79 Å². The Hall–Kier alpha value is -0.800. The van der Waals surface area contributed by atoms with Crippen molar-refractivity contribution in [3.8, 4) is 0 Å². The first kappa shape index (κ1) is 14.3. The van der Waals surface area contributed by atoms with Crippen molar-refractivity contribution in [2.75, 3.05) is 12.3 Å². The van der Waals surface area contributed by atoms with Gasteiger partial charge in [-0.25, -0.2) is 0 Å². The Balaban J connectivity index is 2.70. The van der Waals surface area contributed by atoms with Crippen molar-refractivity contribution in [2.45, 2.75) is 32.1 Å². The first-order chi connectivity index (χ1) is 7.98. The zero-order valence-corrected chi connectivity index (χ0v) is 11.6. The van der Waals surface area contributed by atoms with Gasteiger partial charge in [0.2, 0.25) is 0 Å². The van der Waals surface area contributed by atoms with Gasteiger partial charge in [0.05, 0.1) is 0 Å². The molecule has 1 aromatic carbocycles. The van der Waals surface area contributed by atoms with E-state index in [9.17, 15) is 4.79 Å². The maximum absolute atomic E-state index is 12.0. The van der Waals surface area contributed by atoms with E-state index in [4.69, 9.17) is 5.73 Å². The van der Waals surface area contributed by atoms with Crippen LogP contribution in [-0.4, -0.2) is 18.1 Å². The van der Waals surface area contributed by atoms with Crippen molar-refractivity contribution in [3.05, 3.63) is 29.8 Å². The number of benzene rings is 1. The van der Waals surface area contributed by atoms with Gasteiger partial charge < -0.3 is 5.73 Å². The Labute approximate surface area is 108 Å². The number of hydrogen-bond donors (Lipinski definition) is 1. The molecule has 0 aromatic heterocycles.